The van der Waals surface area contributed by atoms with Gasteiger partial charge in [0, 0.05) is 32.8 Å². The molecule has 11 aromatic rings. The molecule has 53 heavy (non-hydrogen) atoms. The fraction of sp³-hybridized carbons (Fsp3) is 0. The highest BCUT2D eigenvalue weighted by atomic mass is 16.3. The van der Waals surface area contributed by atoms with Crippen molar-refractivity contribution >= 4 is 65.0 Å². The molecule has 9 aromatic carbocycles. The standard InChI is InChI=1S/C49H29N3O/c1-2-14-31(15-3-1)47-50-48(52-49(51-47)35-26-25-30-13-4-5-16-32(30)27-35)34-18-12-17-33(28-34)41-29-42-38-21-7-6-19-36(38)37-20-8-9-22-39(37)44(42)46-45(41)40-23-10-11-24-43(40)53-46/h1-29H. The lowest BCUT2D eigenvalue weighted by atomic mass is 9.89. The molecule has 2 heterocycles. The molecular weight excluding hydrogens is 647 g/mol. The zero-order chi connectivity index (χ0) is 34.9. The Morgan fingerprint density at radius 3 is 1.64 bits per heavy atom. The largest absolute Gasteiger partial charge is 0.455 e. The van der Waals surface area contributed by atoms with E-state index in [4.69, 9.17) is 19.4 Å². The van der Waals surface area contributed by atoms with Crippen molar-refractivity contribution < 1.29 is 4.42 Å². The highest BCUT2D eigenvalue weighted by Gasteiger charge is 2.21. The van der Waals surface area contributed by atoms with E-state index in [0.717, 1.165) is 65.9 Å². The maximum absolute atomic E-state index is 6.83. The van der Waals surface area contributed by atoms with Crippen molar-refractivity contribution in [2.24, 2.45) is 0 Å². The third-order valence-corrected chi connectivity index (χ3v) is 10.5. The number of rotatable bonds is 4. The molecule has 0 saturated carbocycles. The summed E-state index contributed by atoms with van der Waals surface area (Å²) >= 11 is 0. The van der Waals surface area contributed by atoms with Crippen molar-refractivity contribution in [1.82, 2.24) is 15.0 Å². The van der Waals surface area contributed by atoms with Crippen LogP contribution in [0.1, 0.15) is 0 Å². The normalized spacial score (nSPS) is 11.8. The Kier molecular flexibility index (Phi) is 6.52. The Labute approximate surface area is 304 Å². The molecule has 2 aromatic heterocycles. The van der Waals surface area contributed by atoms with Crippen LogP contribution >= 0.6 is 0 Å². The molecule has 0 aliphatic heterocycles. The van der Waals surface area contributed by atoms with Crippen LogP contribution in [0.2, 0.25) is 0 Å². The number of nitrogens with zero attached hydrogens (tertiary/aromatic N) is 3. The molecule has 0 unspecified atom stereocenters. The number of para-hydroxylation sites is 1. The second-order valence-electron chi connectivity index (χ2n) is 13.6. The second kappa shape index (κ2) is 11.7. The molecule has 0 radical (unpaired) electrons. The molecule has 11 rings (SSSR count). The summed E-state index contributed by atoms with van der Waals surface area (Å²) in [5, 5.41) is 11.6. The molecule has 0 atom stereocenters. The van der Waals surface area contributed by atoms with Gasteiger partial charge < -0.3 is 4.42 Å². The first-order valence-corrected chi connectivity index (χ1v) is 17.9. The van der Waals surface area contributed by atoms with E-state index < -0.39 is 0 Å². The van der Waals surface area contributed by atoms with Crippen molar-refractivity contribution in [3.8, 4) is 45.3 Å². The van der Waals surface area contributed by atoms with Crippen molar-refractivity contribution in [3.63, 3.8) is 0 Å². The predicted octanol–water partition coefficient (Wildman–Crippen LogP) is 13.1. The number of benzene rings is 9. The van der Waals surface area contributed by atoms with E-state index in [1.54, 1.807) is 0 Å². The van der Waals surface area contributed by atoms with Crippen molar-refractivity contribution in [1.29, 1.82) is 0 Å². The molecule has 0 N–H and O–H groups in total. The first kappa shape index (κ1) is 29.5. The van der Waals surface area contributed by atoms with Crippen molar-refractivity contribution in [3.05, 3.63) is 176 Å². The summed E-state index contributed by atoms with van der Waals surface area (Å²) in [5.74, 6) is 1.89. The third kappa shape index (κ3) is 4.73. The Hall–Kier alpha value is -7.17. The molecule has 0 bridgehead atoms. The van der Waals surface area contributed by atoms with E-state index in [0.29, 0.717) is 17.5 Å². The number of hydrogen-bond acceptors (Lipinski definition) is 4. The van der Waals surface area contributed by atoms with Crippen LogP contribution in [-0.4, -0.2) is 15.0 Å². The predicted molar refractivity (Wildman–Crippen MR) is 219 cm³/mol. The average Bonchev–Trinajstić information content (AvgIpc) is 3.63. The fourth-order valence-electron chi connectivity index (χ4n) is 8.00. The monoisotopic (exact) mass is 675 g/mol. The molecule has 0 amide bonds. The third-order valence-electron chi connectivity index (χ3n) is 10.5. The smallest absolute Gasteiger partial charge is 0.164 e. The second-order valence-corrected chi connectivity index (χ2v) is 13.6. The molecule has 4 heteroatoms. The van der Waals surface area contributed by atoms with Gasteiger partial charge in [0.25, 0.3) is 0 Å². The summed E-state index contributed by atoms with van der Waals surface area (Å²) < 4.78 is 6.83. The summed E-state index contributed by atoms with van der Waals surface area (Å²) in [6, 6.07) is 61.5. The van der Waals surface area contributed by atoms with Gasteiger partial charge in [0.2, 0.25) is 0 Å². The quantitative estimate of drug-likeness (QED) is 0.174. The zero-order valence-electron chi connectivity index (χ0n) is 28.5. The van der Waals surface area contributed by atoms with Gasteiger partial charge in [-0.1, -0.05) is 152 Å². The Balaban J connectivity index is 1.18. The fourth-order valence-corrected chi connectivity index (χ4v) is 8.00. The van der Waals surface area contributed by atoms with Crippen LogP contribution in [0.3, 0.4) is 0 Å². The van der Waals surface area contributed by atoms with Gasteiger partial charge in [-0.3, -0.25) is 0 Å². The van der Waals surface area contributed by atoms with Crippen LogP contribution in [0.15, 0.2) is 180 Å². The highest BCUT2D eigenvalue weighted by molar-refractivity contribution is 6.34. The summed E-state index contributed by atoms with van der Waals surface area (Å²) in [4.78, 5) is 15.2. The van der Waals surface area contributed by atoms with E-state index in [-0.39, 0.29) is 0 Å². The van der Waals surface area contributed by atoms with Crippen LogP contribution in [0.5, 0.6) is 0 Å². The number of fused-ring (bicyclic) bond motifs is 11. The number of hydrogen-bond donors (Lipinski definition) is 0. The van der Waals surface area contributed by atoms with Crippen molar-refractivity contribution in [2.75, 3.05) is 0 Å². The van der Waals surface area contributed by atoms with Gasteiger partial charge in [0.1, 0.15) is 11.2 Å². The van der Waals surface area contributed by atoms with Crippen LogP contribution in [0, 0.1) is 0 Å². The molecule has 0 aliphatic rings. The average molecular weight is 676 g/mol. The summed E-state index contributed by atoms with van der Waals surface area (Å²) in [6.07, 6.45) is 0. The minimum Gasteiger partial charge on any atom is -0.455 e. The van der Waals surface area contributed by atoms with E-state index in [1.165, 1.54) is 26.9 Å². The number of furan rings is 1. The van der Waals surface area contributed by atoms with E-state index in [1.807, 2.05) is 36.4 Å². The summed E-state index contributed by atoms with van der Waals surface area (Å²) in [7, 11) is 0. The maximum atomic E-state index is 6.83. The highest BCUT2D eigenvalue weighted by Crippen LogP contribution is 2.46. The lowest BCUT2D eigenvalue weighted by molar-refractivity contribution is 0.673. The first-order valence-electron chi connectivity index (χ1n) is 17.9. The minimum atomic E-state index is 0.620. The van der Waals surface area contributed by atoms with Crippen LogP contribution in [0.25, 0.3) is 110 Å². The van der Waals surface area contributed by atoms with E-state index in [9.17, 15) is 0 Å². The van der Waals surface area contributed by atoms with Crippen LogP contribution in [0.4, 0.5) is 0 Å². The van der Waals surface area contributed by atoms with Gasteiger partial charge in [-0.15, -0.1) is 0 Å². The Morgan fingerprint density at radius 1 is 0.321 bits per heavy atom. The van der Waals surface area contributed by atoms with Gasteiger partial charge in [0.15, 0.2) is 17.5 Å². The molecular formula is C49H29N3O. The van der Waals surface area contributed by atoms with Crippen LogP contribution < -0.4 is 0 Å². The molecule has 0 aliphatic carbocycles. The summed E-state index contributed by atoms with van der Waals surface area (Å²) in [6.45, 7) is 0. The molecule has 0 spiro atoms. The zero-order valence-corrected chi connectivity index (χ0v) is 28.5. The molecule has 4 nitrogen and oxygen atoms in total. The van der Waals surface area contributed by atoms with Gasteiger partial charge >= 0.3 is 0 Å². The molecule has 0 saturated heterocycles. The SMILES string of the molecule is c1ccc(-c2nc(-c3cccc(-c4cc5c6ccccc6c6ccccc6c5c5oc6ccccc6c45)c3)nc(-c3ccc4ccccc4c3)n2)cc1. The Morgan fingerprint density at radius 2 is 0.868 bits per heavy atom. The topological polar surface area (TPSA) is 51.8 Å². The van der Waals surface area contributed by atoms with Crippen LogP contribution in [-0.2, 0) is 0 Å². The Bertz CT molecular complexity index is 3240. The molecule has 246 valence electrons. The van der Waals surface area contributed by atoms with E-state index in [2.05, 4.69) is 140 Å². The molecule has 0 fully saturated rings. The minimum absolute atomic E-state index is 0.620. The van der Waals surface area contributed by atoms with Gasteiger partial charge in [0.05, 0.1) is 0 Å². The van der Waals surface area contributed by atoms with Gasteiger partial charge in [-0.05, 0) is 73.1 Å². The maximum Gasteiger partial charge on any atom is 0.164 e. The van der Waals surface area contributed by atoms with Gasteiger partial charge in [-0.25, -0.2) is 15.0 Å². The lowest BCUT2D eigenvalue weighted by Crippen LogP contribution is -2.00. The number of aromatic nitrogens is 3. The van der Waals surface area contributed by atoms with Gasteiger partial charge in [-0.2, -0.15) is 0 Å². The first-order chi connectivity index (χ1) is 26.3. The summed E-state index contributed by atoms with van der Waals surface area (Å²) in [5.41, 5.74) is 6.73. The van der Waals surface area contributed by atoms with E-state index >= 15 is 0 Å². The lowest BCUT2D eigenvalue weighted by Gasteiger charge is -2.14. The van der Waals surface area contributed by atoms with Crippen molar-refractivity contribution in [2.45, 2.75) is 0 Å².